The lowest BCUT2D eigenvalue weighted by molar-refractivity contribution is -0.333. The van der Waals surface area contributed by atoms with Crippen molar-refractivity contribution in [3.63, 3.8) is 0 Å². The van der Waals surface area contributed by atoms with Gasteiger partial charge in [-0.1, -0.05) is 86.9 Å². The Bertz CT molecular complexity index is 2200. The Morgan fingerprint density at radius 2 is 1.56 bits per heavy atom. The van der Waals surface area contributed by atoms with Crippen molar-refractivity contribution < 1.29 is 88.0 Å². The average molecular weight is 1040 g/mol. The average Bonchev–Trinajstić information content (AvgIpc) is 3.30. The molecule has 0 saturated carbocycles. The second kappa shape index (κ2) is 25.7. The van der Waals surface area contributed by atoms with Crippen molar-refractivity contribution in [1.29, 1.82) is 0 Å². The minimum Gasteiger partial charge on any atom is -0.505 e. The molecule has 1 aromatic carbocycles. The number of allylic oxidation sites excluding steroid dienone is 4. The van der Waals surface area contributed by atoms with E-state index in [2.05, 4.69) is 0 Å². The number of aliphatic hydroxyl groups is 5. The highest BCUT2D eigenvalue weighted by atomic mass is 35.5. The smallest absolute Gasteiger partial charge is 0.374 e. The summed E-state index contributed by atoms with van der Waals surface area (Å²) < 4.78 is 47.5. The molecule has 20 heteroatoms. The van der Waals surface area contributed by atoms with Gasteiger partial charge in [0.2, 0.25) is 12.0 Å². The fraction of sp³-hybridized carbons (Fsp3) is 0.627. The van der Waals surface area contributed by atoms with E-state index in [1.54, 1.807) is 60.6 Å². The Balaban J connectivity index is 1.65. The van der Waals surface area contributed by atoms with E-state index in [0.717, 1.165) is 0 Å². The summed E-state index contributed by atoms with van der Waals surface area (Å²) in [5.41, 5.74) is 0.243. The molecule has 3 aliphatic heterocycles. The second-order valence-electron chi connectivity index (χ2n) is 19.0. The van der Waals surface area contributed by atoms with Gasteiger partial charge in [-0.2, -0.15) is 0 Å². The van der Waals surface area contributed by atoms with E-state index in [-0.39, 0.29) is 29.8 Å². The third-order valence-corrected chi connectivity index (χ3v) is 13.5. The Morgan fingerprint density at radius 1 is 0.901 bits per heavy atom. The maximum Gasteiger partial charge on any atom is 0.374 e. The zero-order valence-electron chi connectivity index (χ0n) is 42.3. The number of esters is 3. The Labute approximate surface area is 425 Å². The van der Waals surface area contributed by atoms with Gasteiger partial charge in [-0.3, -0.25) is 4.79 Å². The van der Waals surface area contributed by atoms with Crippen LogP contribution in [0.5, 0.6) is 11.5 Å². The minimum absolute atomic E-state index is 0.0214. The highest BCUT2D eigenvalue weighted by Gasteiger charge is 2.53. The quantitative estimate of drug-likeness (QED) is 0.0699. The first-order valence-corrected chi connectivity index (χ1v) is 24.5. The number of ether oxygens (including phenoxy) is 8. The number of aromatic hydroxyl groups is 2. The van der Waals surface area contributed by atoms with Crippen molar-refractivity contribution in [2.75, 3.05) is 7.11 Å². The van der Waals surface area contributed by atoms with E-state index in [0.29, 0.717) is 23.1 Å². The van der Waals surface area contributed by atoms with Gasteiger partial charge in [0, 0.05) is 19.4 Å². The number of rotatable bonds is 12. The molecule has 14 atom stereocenters. The molecule has 0 radical (unpaired) electrons. The minimum atomic E-state index is -1.65. The standard InChI is InChI=1S/C51H72Cl2O18/c1-13-29-22-25(6)31(55)17-15-16-18-33(67-50-44(64-12)41(60)43(28(9)65-50)68-48(63)34-30(14-2)35(52)38(57)36(53)37(34)56)47(62)66-32(27(8)54)20-19-24(5)21-26(7)42(29)69-49-40(59)39(58)45(51(10,11)71-49)70-46(61)23(3)4/h15-16,18-19,21-23,27-29,31-32,39-45,49-50,54-60H,13-14,17,20H2,1-12H3/t27-,28+,29-,31-,32-,39+,40-,41-,42-,43+,44-,45-,49+,50-/m0/s1. The fourth-order valence-corrected chi connectivity index (χ4v) is 9.01. The van der Waals surface area contributed by atoms with E-state index in [1.807, 2.05) is 26.0 Å². The molecule has 71 heavy (non-hydrogen) atoms. The van der Waals surface area contributed by atoms with Crippen molar-refractivity contribution in [1.82, 2.24) is 0 Å². The van der Waals surface area contributed by atoms with Crippen LogP contribution in [-0.2, 0) is 53.9 Å². The largest absolute Gasteiger partial charge is 0.505 e. The zero-order chi connectivity index (χ0) is 53.4. The van der Waals surface area contributed by atoms with Gasteiger partial charge in [0.05, 0.1) is 35.4 Å². The van der Waals surface area contributed by atoms with Gasteiger partial charge < -0.3 is 73.6 Å². The zero-order valence-corrected chi connectivity index (χ0v) is 43.8. The van der Waals surface area contributed by atoms with Crippen molar-refractivity contribution in [3.05, 3.63) is 80.1 Å². The van der Waals surface area contributed by atoms with Crippen LogP contribution in [0.1, 0.15) is 111 Å². The van der Waals surface area contributed by atoms with E-state index < -0.39 is 143 Å². The van der Waals surface area contributed by atoms with E-state index in [4.69, 9.17) is 61.1 Å². The van der Waals surface area contributed by atoms with Gasteiger partial charge >= 0.3 is 17.9 Å². The monoisotopic (exact) mass is 1040 g/mol. The van der Waals surface area contributed by atoms with Crippen LogP contribution < -0.4 is 0 Å². The number of phenols is 2. The Morgan fingerprint density at radius 3 is 2.15 bits per heavy atom. The highest BCUT2D eigenvalue weighted by molar-refractivity contribution is 6.39. The summed E-state index contributed by atoms with van der Waals surface area (Å²) in [7, 11) is 1.23. The molecule has 1 aromatic rings. The second-order valence-corrected chi connectivity index (χ2v) is 19.8. The lowest BCUT2D eigenvalue weighted by atomic mass is 9.88. The number of carbonyl (C=O) groups excluding carboxylic acids is 3. The van der Waals surface area contributed by atoms with Crippen LogP contribution in [-0.4, -0.2) is 146 Å². The SMILES string of the molecule is CCc1c(Cl)c(O)c(Cl)c(O)c1C(=O)O[C@H]1[C@H](O)[C@H](OC)[C@H](OC2=CC=CC[C@H](O)C(C)=C[C@H](CC)[C@@H](O[C@@H]3OC(C)(C)[C@@H](OC(=O)C(C)C)[C@H](O)[C@@H]3O)C(C)=CC(C)=CC[C@@H]([C@H](C)O)OC2=O)O[C@@H]1C. The highest BCUT2D eigenvalue weighted by Crippen LogP contribution is 2.45. The predicted octanol–water partition coefficient (Wildman–Crippen LogP) is 6.19. The third kappa shape index (κ3) is 14.4. The number of halogens is 2. The van der Waals surface area contributed by atoms with Gasteiger partial charge in [0.1, 0.15) is 46.7 Å². The van der Waals surface area contributed by atoms with Gasteiger partial charge in [-0.25, -0.2) is 9.59 Å². The molecular formula is C51H72Cl2O18. The van der Waals surface area contributed by atoms with Crippen molar-refractivity contribution in [2.45, 2.75) is 187 Å². The maximum absolute atomic E-state index is 14.0. The number of cyclic esters (lactones) is 1. The first-order valence-electron chi connectivity index (χ1n) is 23.7. The molecule has 0 bridgehead atoms. The van der Waals surface area contributed by atoms with E-state index >= 15 is 0 Å². The number of carbonyl (C=O) groups is 3. The summed E-state index contributed by atoms with van der Waals surface area (Å²) in [6.45, 7) is 18.4. The summed E-state index contributed by atoms with van der Waals surface area (Å²) in [6.07, 6.45) is -6.65. The summed E-state index contributed by atoms with van der Waals surface area (Å²) >= 11 is 12.3. The van der Waals surface area contributed by atoms with Crippen LogP contribution in [0.3, 0.4) is 0 Å². The summed E-state index contributed by atoms with van der Waals surface area (Å²) in [5, 5.41) is 76.6. The van der Waals surface area contributed by atoms with Gasteiger partial charge in [-0.05, 0) is 90.5 Å². The molecule has 0 aliphatic carbocycles. The number of aliphatic hydroxyl groups excluding tert-OH is 5. The van der Waals surface area contributed by atoms with Crippen LogP contribution in [0.25, 0.3) is 0 Å². The lowest BCUT2D eigenvalue weighted by Crippen LogP contribution is -2.64. The van der Waals surface area contributed by atoms with Gasteiger partial charge in [0.25, 0.3) is 0 Å². The van der Waals surface area contributed by atoms with Crippen LogP contribution >= 0.6 is 23.2 Å². The van der Waals surface area contributed by atoms with Gasteiger partial charge in [-0.15, -0.1) is 0 Å². The van der Waals surface area contributed by atoms with E-state index in [9.17, 15) is 50.1 Å². The topological polar surface area (TPSA) is 267 Å². The molecule has 4 rings (SSSR count). The predicted molar refractivity (Wildman–Crippen MR) is 260 cm³/mol. The molecule has 3 heterocycles. The first-order chi connectivity index (χ1) is 33.2. The molecule has 0 spiro atoms. The van der Waals surface area contributed by atoms with Crippen LogP contribution in [0.15, 0.2) is 58.9 Å². The summed E-state index contributed by atoms with van der Waals surface area (Å²) in [4.78, 5) is 40.1. The van der Waals surface area contributed by atoms with Crippen molar-refractivity contribution in [2.24, 2.45) is 11.8 Å². The lowest BCUT2D eigenvalue weighted by Gasteiger charge is -2.47. The molecule has 398 valence electrons. The first kappa shape index (κ1) is 59.5. The van der Waals surface area contributed by atoms with E-state index in [1.165, 1.54) is 33.1 Å². The normalized spacial score (nSPS) is 31.7. The van der Waals surface area contributed by atoms with Crippen LogP contribution in [0, 0.1) is 11.8 Å². The number of phenolic OH excluding ortho intramolecular Hbond substituents is 2. The Hall–Kier alpha value is -4.05. The number of hydrogen-bond acceptors (Lipinski definition) is 18. The van der Waals surface area contributed by atoms with Crippen molar-refractivity contribution >= 4 is 41.1 Å². The summed E-state index contributed by atoms with van der Waals surface area (Å²) in [6, 6.07) is 0. The van der Waals surface area contributed by atoms with Crippen molar-refractivity contribution in [3.8, 4) is 11.5 Å². The molecule has 2 fully saturated rings. The van der Waals surface area contributed by atoms with Crippen LogP contribution in [0.2, 0.25) is 10.0 Å². The fourth-order valence-electron chi connectivity index (χ4n) is 8.45. The summed E-state index contributed by atoms with van der Waals surface area (Å²) in [5.74, 6) is -5.48. The number of hydrogen-bond donors (Lipinski definition) is 7. The third-order valence-electron chi connectivity index (χ3n) is 12.7. The maximum atomic E-state index is 14.0. The van der Waals surface area contributed by atoms with Crippen LogP contribution in [0.4, 0.5) is 0 Å². The Kier molecular flexibility index (Phi) is 21.6. The molecule has 2 saturated heterocycles. The molecular weight excluding hydrogens is 971 g/mol. The molecule has 7 N–H and O–H groups in total. The van der Waals surface area contributed by atoms with Gasteiger partial charge in [0.15, 0.2) is 30.0 Å². The molecule has 18 nitrogen and oxygen atoms in total. The molecule has 0 amide bonds. The number of methoxy groups -OCH3 is 1. The molecule has 0 unspecified atom stereocenters. The molecule has 3 aliphatic rings. The number of benzene rings is 1. The molecule has 0 aromatic heterocycles.